The second-order valence-electron chi connectivity index (χ2n) is 8.21. The van der Waals surface area contributed by atoms with Crippen molar-refractivity contribution in [3.63, 3.8) is 0 Å². The van der Waals surface area contributed by atoms with E-state index in [2.05, 4.69) is 25.1 Å². The largest absolute Gasteiger partial charge is 0.496 e. The Bertz CT molecular complexity index is 1200. The molecule has 2 aromatic carbocycles. The van der Waals surface area contributed by atoms with E-state index in [0.717, 1.165) is 5.56 Å². The molecule has 1 saturated heterocycles. The Morgan fingerprint density at radius 2 is 2.12 bits per heavy atom. The van der Waals surface area contributed by atoms with Gasteiger partial charge in [-0.2, -0.15) is 0 Å². The van der Waals surface area contributed by atoms with Gasteiger partial charge < -0.3 is 20.7 Å². The quantitative estimate of drug-likeness (QED) is 0.519. The summed E-state index contributed by atoms with van der Waals surface area (Å²) in [6.07, 6.45) is 1.40. The minimum Gasteiger partial charge on any atom is -0.496 e. The highest BCUT2D eigenvalue weighted by Gasteiger charge is 2.50. The first-order valence-corrected chi connectivity index (χ1v) is 10.9. The van der Waals surface area contributed by atoms with E-state index in [9.17, 15) is 9.18 Å². The third-order valence-corrected chi connectivity index (χ3v) is 6.40. The molecule has 8 nitrogen and oxygen atoms in total. The summed E-state index contributed by atoms with van der Waals surface area (Å²) in [6, 6.07) is 8.43. The Kier molecular flexibility index (Phi) is 6.38. The van der Waals surface area contributed by atoms with Crippen molar-refractivity contribution in [1.29, 1.82) is 0 Å². The second kappa shape index (κ2) is 9.09. The van der Waals surface area contributed by atoms with Crippen LogP contribution < -0.4 is 15.8 Å². The van der Waals surface area contributed by atoms with Gasteiger partial charge in [0.2, 0.25) is 5.91 Å². The number of benzene rings is 2. The van der Waals surface area contributed by atoms with Crippen LogP contribution in [-0.2, 0) is 11.3 Å². The SMILES string of the molecule is CCN(Cc1cc2c(Nc3cccc(Cl)c3F)ncnc2cc1OC)C1(C(N)=O)CN(C)C1. The Balaban J connectivity index is 1.75. The van der Waals surface area contributed by atoms with E-state index in [0.29, 0.717) is 48.6 Å². The minimum atomic E-state index is -0.734. The van der Waals surface area contributed by atoms with Crippen molar-refractivity contribution in [2.75, 3.05) is 39.1 Å². The van der Waals surface area contributed by atoms with Crippen molar-refractivity contribution in [3.8, 4) is 5.75 Å². The summed E-state index contributed by atoms with van der Waals surface area (Å²) in [5, 5.41) is 3.72. The first-order chi connectivity index (χ1) is 15.8. The lowest BCUT2D eigenvalue weighted by Gasteiger charge is -2.52. The van der Waals surface area contributed by atoms with Gasteiger partial charge in [-0.1, -0.05) is 24.6 Å². The number of amides is 1. The van der Waals surface area contributed by atoms with Crippen LogP contribution in [0.4, 0.5) is 15.9 Å². The van der Waals surface area contributed by atoms with Crippen LogP contribution in [0.25, 0.3) is 10.9 Å². The van der Waals surface area contributed by atoms with Gasteiger partial charge in [-0.05, 0) is 31.8 Å². The summed E-state index contributed by atoms with van der Waals surface area (Å²) < 4.78 is 20.1. The van der Waals surface area contributed by atoms with Gasteiger partial charge in [-0.15, -0.1) is 0 Å². The lowest BCUT2D eigenvalue weighted by molar-refractivity contribution is -0.142. The van der Waals surface area contributed by atoms with E-state index in [-0.39, 0.29) is 16.6 Å². The van der Waals surface area contributed by atoms with E-state index in [1.54, 1.807) is 19.2 Å². The zero-order chi connectivity index (χ0) is 23.8. The molecule has 0 radical (unpaired) electrons. The number of fused-ring (bicyclic) bond motifs is 1. The summed E-state index contributed by atoms with van der Waals surface area (Å²) >= 11 is 5.92. The molecular weight excluding hydrogens is 447 g/mol. The number of aromatic nitrogens is 2. The molecule has 3 N–H and O–H groups in total. The van der Waals surface area contributed by atoms with Gasteiger partial charge >= 0.3 is 0 Å². The normalized spacial score (nSPS) is 15.5. The van der Waals surface area contributed by atoms with Crippen molar-refractivity contribution >= 4 is 39.9 Å². The number of nitrogens with two attached hydrogens (primary N) is 1. The fourth-order valence-corrected chi connectivity index (χ4v) is 4.57. The van der Waals surface area contributed by atoms with Crippen LogP contribution >= 0.6 is 11.6 Å². The smallest absolute Gasteiger partial charge is 0.240 e. The fraction of sp³-hybridized carbons (Fsp3) is 0.348. The molecule has 174 valence electrons. The van der Waals surface area contributed by atoms with Crippen LogP contribution in [0.2, 0.25) is 5.02 Å². The Morgan fingerprint density at radius 1 is 1.36 bits per heavy atom. The van der Waals surface area contributed by atoms with Gasteiger partial charge in [0.1, 0.15) is 23.4 Å². The molecule has 1 fully saturated rings. The molecule has 0 unspecified atom stereocenters. The van der Waals surface area contributed by atoms with Gasteiger partial charge in [0.15, 0.2) is 5.82 Å². The molecule has 33 heavy (non-hydrogen) atoms. The van der Waals surface area contributed by atoms with E-state index < -0.39 is 11.4 Å². The molecule has 0 saturated carbocycles. The van der Waals surface area contributed by atoms with Crippen molar-refractivity contribution in [1.82, 2.24) is 19.8 Å². The number of anilines is 2. The molecule has 0 spiro atoms. The number of primary amides is 1. The molecule has 4 rings (SSSR count). The number of hydrogen-bond donors (Lipinski definition) is 2. The van der Waals surface area contributed by atoms with E-state index >= 15 is 0 Å². The lowest BCUT2D eigenvalue weighted by Crippen LogP contribution is -2.74. The molecule has 3 aromatic rings. The number of rotatable bonds is 8. The Labute approximate surface area is 196 Å². The summed E-state index contributed by atoms with van der Waals surface area (Å²) in [4.78, 5) is 25.1. The number of carbonyl (C=O) groups excluding carboxylic acids is 1. The number of carbonyl (C=O) groups is 1. The third kappa shape index (κ3) is 4.19. The predicted molar refractivity (Wildman–Crippen MR) is 126 cm³/mol. The van der Waals surface area contributed by atoms with Crippen LogP contribution in [0.1, 0.15) is 12.5 Å². The highest BCUT2D eigenvalue weighted by molar-refractivity contribution is 6.31. The number of nitrogens with one attached hydrogen (secondary N) is 1. The van der Waals surface area contributed by atoms with E-state index in [4.69, 9.17) is 22.1 Å². The molecule has 0 atom stereocenters. The fourth-order valence-electron chi connectivity index (χ4n) is 4.40. The zero-order valence-electron chi connectivity index (χ0n) is 18.7. The van der Waals surface area contributed by atoms with Crippen LogP contribution in [0.15, 0.2) is 36.7 Å². The maximum atomic E-state index is 14.5. The molecule has 0 bridgehead atoms. The van der Waals surface area contributed by atoms with Crippen molar-refractivity contribution in [2.24, 2.45) is 5.73 Å². The van der Waals surface area contributed by atoms with Gasteiger partial charge in [-0.3, -0.25) is 9.69 Å². The first-order valence-electron chi connectivity index (χ1n) is 10.5. The number of likely N-dealkylation sites (tertiary alicyclic amines) is 1. The summed E-state index contributed by atoms with van der Waals surface area (Å²) in [5.41, 5.74) is 6.75. The summed E-state index contributed by atoms with van der Waals surface area (Å²) in [6.45, 7) is 4.19. The second-order valence-corrected chi connectivity index (χ2v) is 8.62. The van der Waals surface area contributed by atoms with Crippen molar-refractivity contribution in [3.05, 3.63) is 53.1 Å². The topological polar surface area (TPSA) is 96.6 Å². The van der Waals surface area contributed by atoms with Gasteiger partial charge in [-0.25, -0.2) is 14.4 Å². The van der Waals surface area contributed by atoms with Crippen LogP contribution in [0.5, 0.6) is 5.75 Å². The van der Waals surface area contributed by atoms with Crippen molar-refractivity contribution in [2.45, 2.75) is 19.0 Å². The molecule has 1 aromatic heterocycles. The molecular formula is C23H26ClFN6O2. The number of hydrogen-bond acceptors (Lipinski definition) is 7. The maximum Gasteiger partial charge on any atom is 0.240 e. The first kappa shape index (κ1) is 23.2. The Morgan fingerprint density at radius 3 is 2.76 bits per heavy atom. The molecule has 1 aliphatic heterocycles. The van der Waals surface area contributed by atoms with Crippen LogP contribution in [0, 0.1) is 5.82 Å². The average Bonchev–Trinajstić information content (AvgIpc) is 2.78. The van der Waals surface area contributed by atoms with E-state index in [1.165, 1.54) is 12.4 Å². The minimum absolute atomic E-state index is 0.0153. The number of likely N-dealkylation sites (N-methyl/N-ethyl adjacent to an activating group) is 2. The van der Waals surface area contributed by atoms with Gasteiger partial charge in [0.25, 0.3) is 0 Å². The maximum absolute atomic E-state index is 14.5. The summed E-state index contributed by atoms with van der Waals surface area (Å²) in [5.74, 6) is 0.159. The van der Waals surface area contributed by atoms with Crippen LogP contribution in [-0.4, -0.2) is 65.0 Å². The number of ether oxygens (including phenoxy) is 1. The van der Waals surface area contributed by atoms with Crippen LogP contribution in [0.3, 0.4) is 0 Å². The molecule has 2 heterocycles. The predicted octanol–water partition coefficient (Wildman–Crippen LogP) is 3.17. The lowest BCUT2D eigenvalue weighted by atomic mass is 9.86. The van der Waals surface area contributed by atoms with Crippen molar-refractivity contribution < 1.29 is 13.9 Å². The third-order valence-electron chi connectivity index (χ3n) is 6.11. The Hall–Kier alpha value is -3.01. The highest BCUT2D eigenvalue weighted by atomic mass is 35.5. The number of halogens is 2. The molecule has 1 amide bonds. The van der Waals surface area contributed by atoms with Gasteiger partial charge in [0.05, 0.1) is 23.3 Å². The monoisotopic (exact) mass is 472 g/mol. The molecule has 0 aliphatic carbocycles. The zero-order valence-corrected chi connectivity index (χ0v) is 19.5. The number of nitrogens with zero attached hydrogens (tertiary/aromatic N) is 4. The van der Waals surface area contributed by atoms with Gasteiger partial charge in [0, 0.05) is 36.7 Å². The molecule has 10 heteroatoms. The summed E-state index contributed by atoms with van der Waals surface area (Å²) in [7, 11) is 3.54. The number of methoxy groups -OCH3 is 1. The average molecular weight is 473 g/mol. The standard InChI is InChI=1S/C23H26ClFN6O2/c1-4-31(23(22(26)32)11-30(2)12-23)10-14-8-15-18(9-19(14)33-3)27-13-28-21(15)29-17-7-5-6-16(24)20(17)25/h5-9,13H,4,10-12H2,1-3H3,(H2,26,32)(H,27,28,29). The molecule has 1 aliphatic rings. The van der Waals surface area contributed by atoms with E-state index in [1.807, 2.05) is 26.1 Å². The highest BCUT2D eigenvalue weighted by Crippen LogP contribution is 2.34.